The van der Waals surface area contributed by atoms with Gasteiger partial charge in [0.2, 0.25) is 10.0 Å². The number of sulfonamides is 1. The van der Waals surface area contributed by atoms with E-state index in [2.05, 4.69) is 32.0 Å². The van der Waals surface area contributed by atoms with Gasteiger partial charge in [0.1, 0.15) is 6.33 Å². The third-order valence-electron chi connectivity index (χ3n) is 7.52. The number of aliphatic hydroxyl groups excluding tert-OH is 1. The lowest BCUT2D eigenvalue weighted by Gasteiger charge is -2.43. The van der Waals surface area contributed by atoms with E-state index in [0.29, 0.717) is 10.9 Å². The van der Waals surface area contributed by atoms with Crippen LogP contribution in [-0.4, -0.2) is 40.6 Å². The highest BCUT2D eigenvalue weighted by molar-refractivity contribution is 7.99. The van der Waals surface area contributed by atoms with Crippen LogP contribution in [0.25, 0.3) is 0 Å². The van der Waals surface area contributed by atoms with Crippen LogP contribution in [0.15, 0.2) is 126 Å². The largest absolute Gasteiger partial charge is 0.392 e. The van der Waals surface area contributed by atoms with Crippen LogP contribution in [0.4, 0.5) is 0 Å². The van der Waals surface area contributed by atoms with E-state index in [-0.39, 0.29) is 36.2 Å². The molecule has 3 N–H and O–H groups in total. The van der Waals surface area contributed by atoms with Gasteiger partial charge in [0.05, 0.1) is 23.7 Å². The van der Waals surface area contributed by atoms with Crippen molar-refractivity contribution < 1.29 is 23.0 Å². The molecule has 0 spiro atoms. The van der Waals surface area contributed by atoms with Crippen molar-refractivity contribution in [3.63, 3.8) is 0 Å². The number of benzene rings is 4. The lowest BCUT2D eigenvalue weighted by atomic mass is 9.84. The molecule has 226 valence electrons. The van der Waals surface area contributed by atoms with Gasteiger partial charge in [0.25, 0.3) is 0 Å². The van der Waals surface area contributed by atoms with Gasteiger partial charge in [-0.05, 0) is 34.4 Å². The minimum absolute atomic E-state index is 0.0377. The van der Waals surface area contributed by atoms with Gasteiger partial charge in [-0.3, -0.25) is 5.10 Å². The molecule has 5 aromatic rings. The second kappa shape index (κ2) is 13.9. The van der Waals surface area contributed by atoms with Crippen molar-refractivity contribution in [1.29, 1.82) is 0 Å². The first-order chi connectivity index (χ1) is 21.5. The number of hydrogen-bond acceptors (Lipinski definition) is 8. The summed E-state index contributed by atoms with van der Waals surface area (Å²) in [6, 6.07) is 33.9. The number of aromatic nitrogens is 3. The number of hydrogen-bond donors (Lipinski definition) is 3. The molecule has 9 nitrogen and oxygen atoms in total. The number of rotatable bonds is 11. The topological polar surface area (TPSA) is 126 Å². The summed E-state index contributed by atoms with van der Waals surface area (Å²) in [5, 5.41) is 17.2. The predicted molar refractivity (Wildman–Crippen MR) is 167 cm³/mol. The lowest BCUT2D eigenvalue weighted by Crippen LogP contribution is -2.38. The maximum Gasteiger partial charge on any atom is 0.240 e. The standard InChI is InChI=1S/C33H32N4O5S2/c38-20-24-13-15-26(16-14-24)31-30(25-7-3-1-4-8-25)29(21-43-33-34-22-35-37-33)41-32(42-31)27-17-11-23(12-18-27)19-36-44(39,40)28-9-5-2-6-10-28/h1-18,22,29-32,36,38H,19-21H2,(H,34,35,37)/t29-,30-,31+,32?/m1/s1. The molecule has 0 bridgehead atoms. The summed E-state index contributed by atoms with van der Waals surface area (Å²) in [4.78, 5) is 4.50. The zero-order chi connectivity index (χ0) is 30.4. The van der Waals surface area contributed by atoms with E-state index in [1.165, 1.54) is 18.1 Å². The van der Waals surface area contributed by atoms with E-state index < -0.39 is 16.3 Å². The highest BCUT2D eigenvalue weighted by Gasteiger charge is 2.42. The van der Waals surface area contributed by atoms with Crippen molar-refractivity contribution in [2.45, 2.75) is 47.6 Å². The molecule has 0 aliphatic carbocycles. The summed E-state index contributed by atoms with van der Waals surface area (Å²) in [5.74, 6) is 0.466. The molecule has 1 saturated heterocycles. The SMILES string of the molecule is O=S(=O)(NCc1ccc(C2O[C@H](CSc3ncn[nH]3)[C@@H](c3ccccc3)[C@H](c3ccc(CO)cc3)O2)cc1)c1ccccc1. The van der Waals surface area contributed by atoms with Crippen molar-refractivity contribution in [2.24, 2.45) is 0 Å². The van der Waals surface area contributed by atoms with Crippen LogP contribution in [0.1, 0.15) is 46.1 Å². The Hall–Kier alpha value is -3.84. The quantitative estimate of drug-likeness (QED) is 0.164. The predicted octanol–water partition coefficient (Wildman–Crippen LogP) is 5.51. The number of nitrogens with zero attached hydrogens (tertiary/aromatic N) is 2. The van der Waals surface area contributed by atoms with E-state index in [0.717, 1.165) is 27.8 Å². The van der Waals surface area contributed by atoms with Crippen molar-refractivity contribution in [2.75, 3.05) is 5.75 Å². The third kappa shape index (κ3) is 7.10. The molecule has 44 heavy (non-hydrogen) atoms. The molecule has 11 heteroatoms. The van der Waals surface area contributed by atoms with Crippen LogP contribution in [0, 0.1) is 0 Å². The Kier molecular flexibility index (Phi) is 9.51. The minimum atomic E-state index is -3.63. The van der Waals surface area contributed by atoms with E-state index in [4.69, 9.17) is 9.47 Å². The molecule has 4 atom stereocenters. The lowest BCUT2D eigenvalue weighted by molar-refractivity contribution is -0.255. The fraction of sp³-hybridized carbons (Fsp3) is 0.212. The summed E-state index contributed by atoms with van der Waals surface area (Å²) in [6.45, 7) is 0.111. The zero-order valence-electron chi connectivity index (χ0n) is 23.7. The van der Waals surface area contributed by atoms with Crippen molar-refractivity contribution in [3.8, 4) is 0 Å². The number of aromatic amines is 1. The summed E-state index contributed by atoms with van der Waals surface area (Å²) >= 11 is 1.53. The average molecular weight is 629 g/mol. The first-order valence-electron chi connectivity index (χ1n) is 14.2. The van der Waals surface area contributed by atoms with Gasteiger partial charge in [-0.1, -0.05) is 109 Å². The molecule has 0 radical (unpaired) electrons. The smallest absolute Gasteiger partial charge is 0.240 e. The molecule has 2 heterocycles. The molecule has 1 aliphatic rings. The third-order valence-corrected chi connectivity index (χ3v) is 9.90. The Morgan fingerprint density at radius 3 is 2.11 bits per heavy atom. The fourth-order valence-electron chi connectivity index (χ4n) is 5.23. The number of nitrogens with one attached hydrogen (secondary N) is 2. The summed E-state index contributed by atoms with van der Waals surface area (Å²) in [6.07, 6.45) is 0.207. The molecule has 1 fully saturated rings. The molecule has 1 aromatic heterocycles. The Balaban J connectivity index is 1.27. The number of thioether (sulfide) groups is 1. The number of H-pyrrole nitrogens is 1. The monoisotopic (exact) mass is 628 g/mol. The van der Waals surface area contributed by atoms with Crippen LogP contribution < -0.4 is 4.72 Å². The molecule has 0 amide bonds. The van der Waals surface area contributed by atoms with Crippen LogP contribution in [0.3, 0.4) is 0 Å². The van der Waals surface area contributed by atoms with Crippen molar-refractivity contribution in [3.05, 3.63) is 143 Å². The van der Waals surface area contributed by atoms with Crippen LogP contribution in [-0.2, 0) is 32.6 Å². The van der Waals surface area contributed by atoms with Gasteiger partial charge in [0, 0.05) is 23.8 Å². The van der Waals surface area contributed by atoms with Gasteiger partial charge in [-0.15, -0.1) is 0 Å². The second-order valence-corrected chi connectivity index (χ2v) is 13.2. The molecule has 1 aliphatic heterocycles. The summed E-state index contributed by atoms with van der Waals surface area (Å²) in [7, 11) is -3.63. The maximum absolute atomic E-state index is 12.7. The fourth-order valence-corrected chi connectivity index (χ4v) is 7.12. The first kappa shape index (κ1) is 30.2. The van der Waals surface area contributed by atoms with E-state index in [1.807, 2.05) is 66.7 Å². The van der Waals surface area contributed by atoms with E-state index >= 15 is 0 Å². The van der Waals surface area contributed by atoms with Crippen LogP contribution >= 0.6 is 11.8 Å². The number of aliphatic hydroxyl groups is 1. The van der Waals surface area contributed by atoms with Crippen LogP contribution in [0.5, 0.6) is 0 Å². The second-order valence-electron chi connectivity index (χ2n) is 10.4. The van der Waals surface area contributed by atoms with Crippen molar-refractivity contribution in [1.82, 2.24) is 19.9 Å². The molecule has 0 saturated carbocycles. The van der Waals surface area contributed by atoms with Crippen LogP contribution in [0.2, 0.25) is 0 Å². The van der Waals surface area contributed by atoms with Gasteiger partial charge in [0.15, 0.2) is 11.4 Å². The molecule has 1 unspecified atom stereocenters. The molecule has 6 rings (SSSR count). The Morgan fingerprint density at radius 2 is 1.45 bits per heavy atom. The average Bonchev–Trinajstić information content (AvgIpc) is 3.61. The van der Waals surface area contributed by atoms with E-state index in [9.17, 15) is 13.5 Å². The molecular weight excluding hydrogens is 597 g/mol. The highest BCUT2D eigenvalue weighted by atomic mass is 32.2. The normalized spacial score (nSPS) is 20.4. The Bertz CT molecular complexity index is 1720. The Labute approximate surface area is 260 Å². The molecule has 4 aromatic carbocycles. The van der Waals surface area contributed by atoms with Gasteiger partial charge >= 0.3 is 0 Å². The Morgan fingerprint density at radius 1 is 0.795 bits per heavy atom. The summed E-state index contributed by atoms with van der Waals surface area (Å²) < 4.78 is 41.5. The zero-order valence-corrected chi connectivity index (χ0v) is 25.3. The minimum Gasteiger partial charge on any atom is -0.392 e. The maximum atomic E-state index is 12.7. The molecular formula is C33H32N4O5S2. The van der Waals surface area contributed by atoms with E-state index in [1.54, 1.807) is 30.3 Å². The number of ether oxygens (including phenoxy) is 2. The van der Waals surface area contributed by atoms with Crippen molar-refractivity contribution >= 4 is 21.8 Å². The summed E-state index contributed by atoms with van der Waals surface area (Å²) in [5.41, 5.74) is 4.51. The van der Waals surface area contributed by atoms with Gasteiger partial charge < -0.3 is 14.6 Å². The van der Waals surface area contributed by atoms with Gasteiger partial charge in [-0.2, -0.15) is 5.10 Å². The van der Waals surface area contributed by atoms with Gasteiger partial charge in [-0.25, -0.2) is 18.1 Å². The highest BCUT2D eigenvalue weighted by Crippen LogP contribution is 2.47. The first-order valence-corrected chi connectivity index (χ1v) is 16.6.